The topological polar surface area (TPSA) is 58.4 Å². The van der Waals surface area contributed by atoms with Crippen molar-refractivity contribution in [1.82, 2.24) is 10.2 Å². The highest BCUT2D eigenvalue weighted by atomic mass is 35.5. The number of amides is 1. The lowest BCUT2D eigenvalue weighted by Crippen LogP contribution is -2.48. The number of nitrogens with zero attached hydrogens (tertiary/aromatic N) is 1. The standard InChI is InChI=1S/C17H25Cl2N3O/c1-11(12(2)20)17(23)21-14-5-7-22(8-6-14)10-13-3-4-15(18)16(19)9-13/h3-4,9,11-12,14H,5-8,10,20H2,1-2H3,(H,21,23). The van der Waals surface area contributed by atoms with Crippen molar-refractivity contribution in [1.29, 1.82) is 0 Å². The molecule has 1 amide bonds. The number of benzene rings is 1. The molecule has 0 saturated carbocycles. The van der Waals surface area contributed by atoms with Gasteiger partial charge in [0.1, 0.15) is 0 Å². The number of nitrogens with two attached hydrogens (primary N) is 1. The summed E-state index contributed by atoms with van der Waals surface area (Å²) in [5.74, 6) is -0.0906. The van der Waals surface area contributed by atoms with E-state index in [1.165, 1.54) is 0 Å². The van der Waals surface area contributed by atoms with Gasteiger partial charge in [-0.15, -0.1) is 0 Å². The van der Waals surface area contributed by atoms with Crippen LogP contribution in [0.3, 0.4) is 0 Å². The fraction of sp³-hybridized carbons (Fsp3) is 0.588. The summed E-state index contributed by atoms with van der Waals surface area (Å²) in [4.78, 5) is 14.4. The Morgan fingerprint density at radius 1 is 1.30 bits per heavy atom. The van der Waals surface area contributed by atoms with Crippen LogP contribution in [0, 0.1) is 5.92 Å². The quantitative estimate of drug-likeness (QED) is 0.851. The summed E-state index contributed by atoms with van der Waals surface area (Å²) in [5.41, 5.74) is 6.94. The Morgan fingerprint density at radius 2 is 1.96 bits per heavy atom. The average Bonchev–Trinajstić information content (AvgIpc) is 2.52. The summed E-state index contributed by atoms with van der Waals surface area (Å²) in [6.45, 7) is 6.51. The average molecular weight is 358 g/mol. The minimum Gasteiger partial charge on any atom is -0.353 e. The second-order valence-corrected chi connectivity index (χ2v) is 7.27. The molecule has 23 heavy (non-hydrogen) atoms. The lowest BCUT2D eigenvalue weighted by Gasteiger charge is -2.33. The van der Waals surface area contributed by atoms with E-state index in [0.717, 1.165) is 38.0 Å². The number of nitrogens with one attached hydrogen (secondary N) is 1. The molecule has 128 valence electrons. The first-order valence-electron chi connectivity index (χ1n) is 8.09. The van der Waals surface area contributed by atoms with Crippen molar-refractivity contribution in [2.75, 3.05) is 13.1 Å². The van der Waals surface area contributed by atoms with E-state index in [4.69, 9.17) is 28.9 Å². The maximum Gasteiger partial charge on any atom is 0.224 e. The van der Waals surface area contributed by atoms with Gasteiger partial charge in [0.2, 0.25) is 5.91 Å². The van der Waals surface area contributed by atoms with Crippen molar-refractivity contribution in [3.05, 3.63) is 33.8 Å². The highest BCUT2D eigenvalue weighted by molar-refractivity contribution is 6.42. The zero-order valence-corrected chi connectivity index (χ0v) is 15.2. The van der Waals surface area contributed by atoms with E-state index in [1.54, 1.807) is 0 Å². The van der Waals surface area contributed by atoms with E-state index >= 15 is 0 Å². The van der Waals surface area contributed by atoms with Crippen molar-refractivity contribution in [2.24, 2.45) is 11.7 Å². The molecular formula is C17H25Cl2N3O. The van der Waals surface area contributed by atoms with E-state index in [1.807, 2.05) is 32.0 Å². The van der Waals surface area contributed by atoms with Crippen molar-refractivity contribution < 1.29 is 4.79 Å². The van der Waals surface area contributed by atoms with Gasteiger partial charge >= 0.3 is 0 Å². The summed E-state index contributed by atoms with van der Waals surface area (Å²) in [7, 11) is 0. The van der Waals surface area contributed by atoms with Crippen molar-refractivity contribution in [2.45, 2.75) is 45.3 Å². The Morgan fingerprint density at radius 3 is 2.52 bits per heavy atom. The van der Waals surface area contributed by atoms with Crippen LogP contribution in [-0.2, 0) is 11.3 Å². The molecule has 2 unspecified atom stereocenters. The van der Waals surface area contributed by atoms with Crippen LogP contribution >= 0.6 is 23.2 Å². The third-order valence-corrected chi connectivity index (χ3v) is 5.27. The summed E-state index contributed by atoms with van der Waals surface area (Å²) in [6, 6.07) is 5.88. The maximum atomic E-state index is 12.1. The van der Waals surface area contributed by atoms with Crippen LogP contribution in [0.15, 0.2) is 18.2 Å². The summed E-state index contributed by atoms with van der Waals surface area (Å²) < 4.78 is 0. The van der Waals surface area contributed by atoms with Crippen molar-refractivity contribution in [3.8, 4) is 0 Å². The van der Waals surface area contributed by atoms with Gasteiger partial charge in [-0.1, -0.05) is 36.2 Å². The van der Waals surface area contributed by atoms with Crippen molar-refractivity contribution in [3.63, 3.8) is 0 Å². The number of halogens is 2. The Balaban J connectivity index is 1.79. The Labute approximate surface area is 148 Å². The van der Waals surface area contributed by atoms with E-state index in [-0.39, 0.29) is 23.9 Å². The zero-order chi connectivity index (χ0) is 17.0. The Kier molecular flexibility index (Phi) is 6.72. The second kappa shape index (κ2) is 8.34. The first kappa shape index (κ1) is 18.5. The highest BCUT2D eigenvalue weighted by Crippen LogP contribution is 2.24. The van der Waals surface area contributed by atoms with E-state index in [2.05, 4.69) is 10.2 Å². The molecule has 1 aromatic carbocycles. The molecule has 0 bridgehead atoms. The van der Waals surface area contributed by atoms with Crippen LogP contribution in [0.25, 0.3) is 0 Å². The van der Waals surface area contributed by atoms with E-state index in [9.17, 15) is 4.79 Å². The third kappa shape index (κ3) is 5.35. The number of carbonyl (C=O) groups excluding carboxylic acids is 1. The lowest BCUT2D eigenvalue weighted by molar-refractivity contribution is -0.126. The van der Waals surface area contributed by atoms with Gasteiger partial charge in [0.25, 0.3) is 0 Å². The smallest absolute Gasteiger partial charge is 0.224 e. The van der Waals surface area contributed by atoms with Gasteiger partial charge in [-0.25, -0.2) is 0 Å². The van der Waals surface area contributed by atoms with Crippen LogP contribution in [0.4, 0.5) is 0 Å². The zero-order valence-electron chi connectivity index (χ0n) is 13.7. The van der Waals surface area contributed by atoms with Crippen molar-refractivity contribution >= 4 is 29.1 Å². The Hall–Kier alpha value is -0.810. The second-order valence-electron chi connectivity index (χ2n) is 6.46. The lowest BCUT2D eigenvalue weighted by atomic mass is 10.00. The minimum atomic E-state index is -0.149. The summed E-state index contributed by atoms with van der Waals surface area (Å²) in [6.07, 6.45) is 1.91. The van der Waals surface area contributed by atoms with Gasteiger partial charge in [-0.05, 0) is 37.5 Å². The normalized spacial score (nSPS) is 19.3. The molecule has 2 rings (SSSR count). The number of hydrogen-bond donors (Lipinski definition) is 2. The van der Waals surface area contributed by atoms with Crippen LogP contribution in [0.2, 0.25) is 10.0 Å². The minimum absolute atomic E-state index is 0.0583. The molecule has 4 nitrogen and oxygen atoms in total. The number of hydrogen-bond acceptors (Lipinski definition) is 3. The first-order valence-corrected chi connectivity index (χ1v) is 8.84. The molecule has 1 heterocycles. The van der Waals surface area contributed by atoms with Gasteiger partial charge < -0.3 is 11.1 Å². The molecule has 3 N–H and O–H groups in total. The molecule has 0 aliphatic carbocycles. The molecule has 2 atom stereocenters. The molecule has 1 aliphatic rings. The SMILES string of the molecule is CC(N)C(C)C(=O)NC1CCN(Cc2ccc(Cl)c(Cl)c2)CC1. The van der Waals surface area contributed by atoms with Gasteiger partial charge in [-0.2, -0.15) is 0 Å². The fourth-order valence-electron chi connectivity index (χ4n) is 2.70. The van der Waals surface area contributed by atoms with Gasteiger partial charge in [0.05, 0.1) is 10.0 Å². The maximum absolute atomic E-state index is 12.1. The first-order chi connectivity index (χ1) is 10.9. The predicted molar refractivity (Wildman–Crippen MR) is 95.7 cm³/mol. The summed E-state index contributed by atoms with van der Waals surface area (Å²) >= 11 is 12.0. The van der Waals surface area contributed by atoms with Crippen LogP contribution < -0.4 is 11.1 Å². The Bertz CT molecular complexity index is 543. The molecule has 0 spiro atoms. The number of rotatable bonds is 5. The van der Waals surface area contributed by atoms with Gasteiger partial charge in [-0.3, -0.25) is 9.69 Å². The van der Waals surface area contributed by atoms with E-state index < -0.39 is 0 Å². The molecule has 0 aromatic heterocycles. The number of carbonyl (C=O) groups is 1. The van der Waals surface area contributed by atoms with Crippen LogP contribution in [-0.4, -0.2) is 36.0 Å². The highest BCUT2D eigenvalue weighted by Gasteiger charge is 2.24. The van der Waals surface area contributed by atoms with Crippen LogP contribution in [0.5, 0.6) is 0 Å². The molecule has 1 saturated heterocycles. The molecular weight excluding hydrogens is 333 g/mol. The third-order valence-electron chi connectivity index (χ3n) is 4.53. The molecule has 1 aliphatic heterocycles. The van der Waals surface area contributed by atoms with Gasteiger partial charge in [0, 0.05) is 37.6 Å². The number of piperidine rings is 1. The molecule has 0 radical (unpaired) electrons. The molecule has 1 aromatic rings. The monoisotopic (exact) mass is 357 g/mol. The van der Waals surface area contributed by atoms with Crippen LogP contribution in [0.1, 0.15) is 32.3 Å². The molecule has 6 heteroatoms. The molecule has 1 fully saturated rings. The largest absolute Gasteiger partial charge is 0.353 e. The fourth-order valence-corrected chi connectivity index (χ4v) is 3.02. The van der Waals surface area contributed by atoms with E-state index in [0.29, 0.717) is 10.0 Å². The predicted octanol–water partition coefficient (Wildman–Crippen LogP) is 3.06. The summed E-state index contributed by atoms with van der Waals surface area (Å²) in [5, 5.41) is 4.29. The van der Waals surface area contributed by atoms with Gasteiger partial charge in [0.15, 0.2) is 0 Å². The number of likely N-dealkylation sites (tertiary alicyclic amines) is 1.